The summed E-state index contributed by atoms with van der Waals surface area (Å²) in [6.07, 6.45) is 2.85. The average Bonchev–Trinajstić information content (AvgIpc) is 2.04. The fourth-order valence-corrected chi connectivity index (χ4v) is 2.08. The molecule has 0 aliphatic carbocycles. The minimum Gasteiger partial charge on any atom is -0.391 e. The first kappa shape index (κ1) is 13.9. The Morgan fingerprint density at radius 3 is 2.14 bits per heavy atom. The highest BCUT2D eigenvalue weighted by molar-refractivity contribution is 4.76. The summed E-state index contributed by atoms with van der Waals surface area (Å²) in [6, 6.07) is 0.331. The Morgan fingerprint density at radius 1 is 1.21 bits per heavy atom. The second-order valence-corrected chi connectivity index (χ2v) is 4.67. The monoisotopic (exact) mass is 201 g/mol. The van der Waals surface area contributed by atoms with Crippen LogP contribution in [0.5, 0.6) is 0 Å². The van der Waals surface area contributed by atoms with Gasteiger partial charge < -0.3 is 10.0 Å². The lowest BCUT2D eigenvalue weighted by molar-refractivity contribution is 0.0490. The van der Waals surface area contributed by atoms with Crippen LogP contribution in [-0.2, 0) is 0 Å². The Labute approximate surface area is 89.3 Å². The Kier molecular flexibility index (Phi) is 7.20. The van der Waals surface area contributed by atoms with Crippen LogP contribution in [0.3, 0.4) is 0 Å². The molecule has 2 unspecified atom stereocenters. The summed E-state index contributed by atoms with van der Waals surface area (Å²) in [5.41, 5.74) is 0. The first-order valence-electron chi connectivity index (χ1n) is 5.91. The van der Waals surface area contributed by atoms with Gasteiger partial charge in [0, 0.05) is 12.6 Å². The Bertz CT molecular complexity index is 136. The van der Waals surface area contributed by atoms with Gasteiger partial charge in [-0.15, -0.1) is 0 Å². The van der Waals surface area contributed by atoms with Crippen molar-refractivity contribution in [3.05, 3.63) is 0 Å². The molecule has 86 valence electrons. The predicted molar refractivity (Wildman–Crippen MR) is 62.5 cm³/mol. The highest BCUT2D eigenvalue weighted by Crippen LogP contribution is 2.13. The number of likely N-dealkylation sites (N-methyl/N-ethyl adjacent to an activating group) is 1. The molecule has 14 heavy (non-hydrogen) atoms. The SMILES string of the molecule is CCCC(O)C(CC)N(C)CC(C)C. The normalized spacial score (nSPS) is 16.3. The van der Waals surface area contributed by atoms with Gasteiger partial charge in [-0.3, -0.25) is 0 Å². The van der Waals surface area contributed by atoms with Crippen LogP contribution in [0, 0.1) is 5.92 Å². The van der Waals surface area contributed by atoms with Crippen molar-refractivity contribution in [2.45, 2.75) is 59.1 Å². The second-order valence-electron chi connectivity index (χ2n) is 4.67. The van der Waals surface area contributed by atoms with Gasteiger partial charge in [-0.05, 0) is 25.8 Å². The van der Waals surface area contributed by atoms with Crippen LogP contribution in [-0.4, -0.2) is 35.7 Å². The molecule has 0 spiro atoms. The zero-order chi connectivity index (χ0) is 11.1. The molecule has 0 aromatic rings. The molecule has 2 atom stereocenters. The summed E-state index contributed by atoms with van der Waals surface area (Å²) in [7, 11) is 2.12. The number of hydrogen-bond acceptors (Lipinski definition) is 2. The molecule has 0 amide bonds. The predicted octanol–water partition coefficient (Wildman–Crippen LogP) is 2.51. The van der Waals surface area contributed by atoms with Gasteiger partial charge in [0.05, 0.1) is 6.10 Å². The van der Waals surface area contributed by atoms with Gasteiger partial charge in [-0.1, -0.05) is 34.1 Å². The molecule has 0 bridgehead atoms. The lowest BCUT2D eigenvalue weighted by Gasteiger charge is -2.32. The molecule has 2 nitrogen and oxygen atoms in total. The minimum absolute atomic E-state index is 0.159. The quantitative estimate of drug-likeness (QED) is 0.684. The third kappa shape index (κ3) is 4.97. The summed E-state index contributed by atoms with van der Waals surface area (Å²) < 4.78 is 0. The molecule has 0 aliphatic rings. The molecule has 0 rings (SSSR count). The maximum absolute atomic E-state index is 9.95. The maximum atomic E-state index is 9.95. The van der Waals surface area contributed by atoms with E-state index < -0.39 is 0 Å². The number of aliphatic hydroxyl groups excluding tert-OH is 1. The molecule has 0 fully saturated rings. The molecular weight excluding hydrogens is 174 g/mol. The molecule has 0 heterocycles. The van der Waals surface area contributed by atoms with Crippen molar-refractivity contribution in [3.63, 3.8) is 0 Å². The van der Waals surface area contributed by atoms with E-state index in [4.69, 9.17) is 0 Å². The van der Waals surface area contributed by atoms with Crippen molar-refractivity contribution in [1.29, 1.82) is 0 Å². The Morgan fingerprint density at radius 2 is 1.79 bits per heavy atom. The van der Waals surface area contributed by atoms with E-state index in [0.29, 0.717) is 12.0 Å². The molecule has 0 saturated heterocycles. The highest BCUT2D eigenvalue weighted by Gasteiger charge is 2.21. The van der Waals surface area contributed by atoms with Crippen molar-refractivity contribution in [3.8, 4) is 0 Å². The maximum Gasteiger partial charge on any atom is 0.0695 e. The number of rotatable bonds is 7. The summed E-state index contributed by atoms with van der Waals surface area (Å²) in [4.78, 5) is 2.30. The van der Waals surface area contributed by atoms with Gasteiger partial charge in [0.1, 0.15) is 0 Å². The molecule has 0 aromatic carbocycles. The van der Waals surface area contributed by atoms with Crippen LogP contribution < -0.4 is 0 Å². The topological polar surface area (TPSA) is 23.5 Å². The molecular formula is C12H27NO. The van der Waals surface area contributed by atoms with Crippen LogP contribution in [0.25, 0.3) is 0 Å². The van der Waals surface area contributed by atoms with Crippen molar-refractivity contribution < 1.29 is 5.11 Å². The van der Waals surface area contributed by atoms with Gasteiger partial charge in [0.15, 0.2) is 0 Å². The van der Waals surface area contributed by atoms with Crippen molar-refractivity contribution in [1.82, 2.24) is 4.90 Å². The first-order chi connectivity index (χ1) is 6.52. The van der Waals surface area contributed by atoms with Crippen LogP contribution in [0.1, 0.15) is 47.0 Å². The lowest BCUT2D eigenvalue weighted by Crippen LogP contribution is -2.42. The van der Waals surface area contributed by atoms with Crippen molar-refractivity contribution >= 4 is 0 Å². The third-order valence-corrected chi connectivity index (χ3v) is 2.67. The van der Waals surface area contributed by atoms with E-state index in [1.165, 1.54) is 0 Å². The van der Waals surface area contributed by atoms with Crippen LogP contribution in [0.2, 0.25) is 0 Å². The summed E-state index contributed by atoms with van der Waals surface area (Å²) in [6.45, 7) is 9.78. The second kappa shape index (κ2) is 7.24. The van der Waals surface area contributed by atoms with Crippen molar-refractivity contribution in [2.75, 3.05) is 13.6 Å². The third-order valence-electron chi connectivity index (χ3n) is 2.67. The van der Waals surface area contributed by atoms with Crippen molar-refractivity contribution in [2.24, 2.45) is 5.92 Å². The number of aliphatic hydroxyl groups is 1. The zero-order valence-corrected chi connectivity index (χ0v) is 10.5. The smallest absolute Gasteiger partial charge is 0.0695 e. The first-order valence-corrected chi connectivity index (χ1v) is 5.91. The lowest BCUT2D eigenvalue weighted by atomic mass is 10.0. The standard InChI is InChI=1S/C12H27NO/c1-6-8-12(14)11(7-2)13(5)9-10(3)4/h10-12,14H,6-9H2,1-5H3. The molecule has 0 aliphatic heterocycles. The average molecular weight is 201 g/mol. The van der Waals surface area contributed by atoms with Gasteiger partial charge in [-0.25, -0.2) is 0 Å². The fraction of sp³-hybridized carbons (Fsp3) is 1.00. The summed E-state index contributed by atoms with van der Waals surface area (Å²) in [5.74, 6) is 0.669. The molecule has 0 aromatic heterocycles. The van der Waals surface area contributed by atoms with Crippen LogP contribution in [0.4, 0.5) is 0 Å². The molecule has 1 N–H and O–H groups in total. The summed E-state index contributed by atoms with van der Waals surface area (Å²) in [5, 5.41) is 9.95. The molecule has 0 saturated carbocycles. The van der Waals surface area contributed by atoms with E-state index in [9.17, 15) is 5.11 Å². The molecule has 2 heteroatoms. The summed E-state index contributed by atoms with van der Waals surface area (Å²) >= 11 is 0. The van der Waals surface area contributed by atoms with E-state index in [0.717, 1.165) is 25.8 Å². The van der Waals surface area contributed by atoms with E-state index in [2.05, 4.69) is 39.6 Å². The van der Waals surface area contributed by atoms with Gasteiger partial charge in [0.2, 0.25) is 0 Å². The van der Waals surface area contributed by atoms with E-state index in [-0.39, 0.29) is 6.10 Å². The van der Waals surface area contributed by atoms with Crippen LogP contribution in [0.15, 0.2) is 0 Å². The van der Waals surface area contributed by atoms with Crippen LogP contribution >= 0.6 is 0 Å². The molecule has 0 radical (unpaired) electrons. The van der Waals surface area contributed by atoms with Gasteiger partial charge in [0.25, 0.3) is 0 Å². The zero-order valence-electron chi connectivity index (χ0n) is 10.5. The largest absolute Gasteiger partial charge is 0.391 e. The minimum atomic E-state index is -0.159. The van der Waals surface area contributed by atoms with E-state index in [1.807, 2.05) is 0 Å². The van der Waals surface area contributed by atoms with Gasteiger partial charge >= 0.3 is 0 Å². The number of nitrogens with zero attached hydrogens (tertiary/aromatic N) is 1. The van der Waals surface area contributed by atoms with E-state index >= 15 is 0 Å². The Balaban J connectivity index is 4.09. The highest BCUT2D eigenvalue weighted by atomic mass is 16.3. The Hall–Kier alpha value is -0.0800. The van der Waals surface area contributed by atoms with E-state index in [1.54, 1.807) is 0 Å². The number of hydrogen-bond donors (Lipinski definition) is 1. The van der Waals surface area contributed by atoms with Gasteiger partial charge in [-0.2, -0.15) is 0 Å². The fourth-order valence-electron chi connectivity index (χ4n) is 2.08.